The molecule has 2 aliphatic heterocycles. The molecule has 8 heteroatoms. The summed E-state index contributed by atoms with van der Waals surface area (Å²) in [7, 11) is 0. The fourth-order valence-corrected chi connectivity index (χ4v) is 5.45. The summed E-state index contributed by atoms with van der Waals surface area (Å²) in [5.41, 5.74) is 0.227. The van der Waals surface area contributed by atoms with Crippen LogP contribution in [0.25, 0.3) is 0 Å². The van der Waals surface area contributed by atoms with Gasteiger partial charge in [-0.1, -0.05) is 13.0 Å². The molecule has 2 aliphatic rings. The largest absolute Gasteiger partial charge is 0.329 e. The number of rotatable bonds is 4. The Labute approximate surface area is 165 Å². The van der Waals surface area contributed by atoms with Gasteiger partial charge in [-0.3, -0.25) is 14.5 Å². The van der Waals surface area contributed by atoms with Crippen LogP contribution in [0.4, 0.5) is 4.79 Å². The van der Waals surface area contributed by atoms with Gasteiger partial charge in [0, 0.05) is 16.3 Å². The molecular weight excluding hydrogens is 382 g/mol. The first-order valence-electron chi connectivity index (χ1n) is 8.98. The predicted molar refractivity (Wildman–Crippen MR) is 105 cm³/mol. The van der Waals surface area contributed by atoms with Crippen molar-refractivity contribution in [3.63, 3.8) is 0 Å². The molecule has 6 nitrogen and oxygen atoms in total. The number of nitrogens with zero attached hydrogens (tertiary/aromatic N) is 2. The van der Waals surface area contributed by atoms with Gasteiger partial charge in [-0.2, -0.15) is 0 Å². The van der Waals surface area contributed by atoms with Crippen molar-refractivity contribution < 1.29 is 14.4 Å². The SMILES string of the molecule is CCC1(C)NC(=O)N(CC(=O)N2CCc3sccc3C2c2cccs2)C1=O. The lowest BCUT2D eigenvalue weighted by molar-refractivity contribution is -0.140. The maximum absolute atomic E-state index is 13.1. The zero-order valence-electron chi connectivity index (χ0n) is 15.2. The van der Waals surface area contributed by atoms with E-state index in [9.17, 15) is 14.4 Å². The van der Waals surface area contributed by atoms with E-state index in [2.05, 4.69) is 16.8 Å². The molecule has 1 fully saturated rings. The van der Waals surface area contributed by atoms with Gasteiger partial charge in [0.15, 0.2) is 0 Å². The maximum atomic E-state index is 13.1. The highest BCUT2D eigenvalue weighted by Crippen LogP contribution is 2.39. The molecule has 2 atom stereocenters. The first-order valence-corrected chi connectivity index (χ1v) is 10.7. The van der Waals surface area contributed by atoms with Gasteiger partial charge in [-0.25, -0.2) is 4.79 Å². The van der Waals surface area contributed by atoms with Gasteiger partial charge in [-0.15, -0.1) is 22.7 Å². The van der Waals surface area contributed by atoms with Gasteiger partial charge < -0.3 is 10.2 Å². The Morgan fingerprint density at radius 3 is 2.78 bits per heavy atom. The molecule has 1 saturated heterocycles. The van der Waals surface area contributed by atoms with Crippen molar-refractivity contribution in [3.8, 4) is 0 Å². The molecule has 27 heavy (non-hydrogen) atoms. The van der Waals surface area contributed by atoms with Crippen LogP contribution in [-0.2, 0) is 16.0 Å². The molecule has 0 radical (unpaired) electrons. The topological polar surface area (TPSA) is 69.7 Å². The molecule has 0 bridgehead atoms. The van der Waals surface area contributed by atoms with E-state index in [1.165, 1.54) is 4.88 Å². The van der Waals surface area contributed by atoms with Crippen LogP contribution in [0.1, 0.15) is 41.6 Å². The summed E-state index contributed by atoms with van der Waals surface area (Å²) in [4.78, 5) is 43.3. The molecule has 2 aromatic heterocycles. The van der Waals surface area contributed by atoms with Gasteiger partial charge >= 0.3 is 6.03 Å². The van der Waals surface area contributed by atoms with E-state index in [0.29, 0.717) is 13.0 Å². The van der Waals surface area contributed by atoms with Gasteiger partial charge in [-0.05, 0) is 48.2 Å². The van der Waals surface area contributed by atoms with E-state index in [1.807, 2.05) is 29.3 Å². The minimum Gasteiger partial charge on any atom is -0.329 e. The molecule has 0 aliphatic carbocycles. The lowest BCUT2D eigenvalue weighted by Crippen LogP contribution is -2.47. The zero-order valence-corrected chi connectivity index (χ0v) is 16.9. The lowest BCUT2D eigenvalue weighted by atomic mass is 9.98. The van der Waals surface area contributed by atoms with Crippen molar-refractivity contribution in [1.29, 1.82) is 0 Å². The highest BCUT2D eigenvalue weighted by molar-refractivity contribution is 7.10. The van der Waals surface area contributed by atoms with Crippen molar-refractivity contribution in [2.24, 2.45) is 0 Å². The summed E-state index contributed by atoms with van der Waals surface area (Å²) in [6.07, 6.45) is 1.29. The van der Waals surface area contributed by atoms with Crippen LogP contribution in [0.3, 0.4) is 0 Å². The van der Waals surface area contributed by atoms with Crippen molar-refractivity contribution >= 4 is 40.5 Å². The number of urea groups is 1. The molecule has 0 aromatic carbocycles. The Morgan fingerprint density at radius 2 is 2.11 bits per heavy atom. The van der Waals surface area contributed by atoms with Crippen LogP contribution in [-0.4, -0.2) is 46.3 Å². The van der Waals surface area contributed by atoms with Crippen molar-refractivity contribution in [2.45, 2.75) is 38.3 Å². The summed E-state index contributed by atoms with van der Waals surface area (Å²) in [5.74, 6) is -0.529. The van der Waals surface area contributed by atoms with Crippen molar-refractivity contribution in [1.82, 2.24) is 15.1 Å². The van der Waals surface area contributed by atoms with Crippen LogP contribution in [0.2, 0.25) is 0 Å². The third-order valence-electron chi connectivity index (χ3n) is 5.44. The fraction of sp³-hybridized carbons (Fsp3) is 0.421. The molecule has 4 heterocycles. The smallest absolute Gasteiger partial charge is 0.325 e. The minimum absolute atomic E-state index is 0.147. The van der Waals surface area contributed by atoms with E-state index in [0.717, 1.165) is 21.8 Å². The van der Waals surface area contributed by atoms with Gasteiger partial charge in [0.25, 0.3) is 5.91 Å². The molecule has 2 aromatic rings. The standard InChI is InChI=1S/C19H21N3O3S2/c1-3-19(2)17(24)22(18(25)20-19)11-15(23)21-8-6-13-12(7-10-27-13)16(21)14-5-4-9-26-14/h4-5,7,9-10,16H,3,6,8,11H2,1-2H3,(H,20,25). The Balaban J connectivity index is 1.60. The van der Waals surface area contributed by atoms with E-state index in [4.69, 9.17) is 0 Å². The quantitative estimate of drug-likeness (QED) is 0.798. The number of hydrogen-bond donors (Lipinski definition) is 1. The fourth-order valence-electron chi connectivity index (χ4n) is 3.70. The average molecular weight is 404 g/mol. The third kappa shape index (κ3) is 2.96. The van der Waals surface area contributed by atoms with Crippen LogP contribution in [0, 0.1) is 0 Å². The number of imide groups is 1. The molecule has 1 N–H and O–H groups in total. The molecule has 142 valence electrons. The summed E-state index contributed by atoms with van der Waals surface area (Å²) in [5, 5.41) is 6.77. The minimum atomic E-state index is -0.924. The first-order chi connectivity index (χ1) is 12.9. The Hall–Kier alpha value is -2.19. The number of hydrogen-bond acceptors (Lipinski definition) is 5. The summed E-state index contributed by atoms with van der Waals surface area (Å²) in [6, 6.07) is 5.45. The molecule has 2 unspecified atom stereocenters. The number of carbonyl (C=O) groups excluding carboxylic acids is 3. The number of carbonyl (C=O) groups is 3. The summed E-state index contributed by atoms with van der Waals surface area (Å²) < 4.78 is 0. The predicted octanol–water partition coefficient (Wildman–Crippen LogP) is 3.00. The number of nitrogens with one attached hydrogen (secondary N) is 1. The lowest BCUT2D eigenvalue weighted by Gasteiger charge is -2.36. The van der Waals surface area contributed by atoms with Gasteiger partial charge in [0.05, 0.1) is 6.04 Å². The summed E-state index contributed by atoms with van der Waals surface area (Å²) in [6.45, 7) is 3.91. The number of fused-ring (bicyclic) bond motifs is 1. The van der Waals surface area contributed by atoms with Crippen LogP contribution < -0.4 is 5.32 Å². The third-order valence-corrected chi connectivity index (χ3v) is 7.37. The van der Waals surface area contributed by atoms with E-state index in [1.54, 1.807) is 29.6 Å². The van der Waals surface area contributed by atoms with Crippen LogP contribution >= 0.6 is 22.7 Å². The Morgan fingerprint density at radius 1 is 1.30 bits per heavy atom. The zero-order chi connectivity index (χ0) is 19.2. The van der Waals surface area contributed by atoms with Crippen molar-refractivity contribution in [3.05, 3.63) is 44.3 Å². The second-order valence-electron chi connectivity index (χ2n) is 7.06. The number of amides is 4. The average Bonchev–Trinajstić information content (AvgIpc) is 3.38. The first kappa shape index (κ1) is 18.2. The maximum Gasteiger partial charge on any atom is 0.325 e. The molecule has 4 rings (SSSR count). The second kappa shape index (κ2) is 6.76. The molecule has 0 spiro atoms. The normalized spacial score (nSPS) is 24.9. The van der Waals surface area contributed by atoms with Crippen molar-refractivity contribution in [2.75, 3.05) is 13.1 Å². The van der Waals surface area contributed by atoms with E-state index >= 15 is 0 Å². The molecule has 0 saturated carbocycles. The highest BCUT2D eigenvalue weighted by Gasteiger charge is 2.47. The molecule has 4 amide bonds. The van der Waals surface area contributed by atoms with Gasteiger partial charge in [0.2, 0.25) is 5.91 Å². The van der Waals surface area contributed by atoms with Crippen LogP contribution in [0.15, 0.2) is 29.0 Å². The monoisotopic (exact) mass is 403 g/mol. The Bertz CT molecular complexity index is 892. The van der Waals surface area contributed by atoms with Gasteiger partial charge in [0.1, 0.15) is 12.1 Å². The second-order valence-corrected chi connectivity index (χ2v) is 9.04. The van der Waals surface area contributed by atoms with Crippen LogP contribution in [0.5, 0.6) is 0 Å². The van der Waals surface area contributed by atoms with E-state index < -0.39 is 11.6 Å². The highest BCUT2D eigenvalue weighted by atomic mass is 32.1. The Kier molecular flexibility index (Phi) is 4.55. The van der Waals surface area contributed by atoms with E-state index in [-0.39, 0.29) is 24.4 Å². The number of thiophene rings is 2. The summed E-state index contributed by atoms with van der Waals surface area (Å²) >= 11 is 3.33. The molecular formula is C19H21N3O3S2.